The van der Waals surface area contributed by atoms with Gasteiger partial charge in [0.1, 0.15) is 11.5 Å². The van der Waals surface area contributed by atoms with E-state index in [1.807, 2.05) is 11.5 Å². The highest BCUT2D eigenvalue weighted by Gasteiger charge is 2.19. The molecule has 0 unspecified atom stereocenters. The number of hydrogen-bond donors (Lipinski definition) is 3. The molecule has 3 rings (SSSR count). The van der Waals surface area contributed by atoms with Crippen LogP contribution in [0, 0.1) is 20.8 Å². The summed E-state index contributed by atoms with van der Waals surface area (Å²) in [7, 11) is 0. The Bertz CT molecular complexity index is 889. The monoisotopic (exact) mass is 327 g/mol. The highest BCUT2D eigenvalue weighted by atomic mass is 16.5. The van der Waals surface area contributed by atoms with Gasteiger partial charge in [-0.2, -0.15) is 0 Å². The molecule has 3 heterocycles. The smallest absolute Gasteiger partial charge is 0.286 e. The molecule has 0 aliphatic rings. The Morgan fingerprint density at radius 3 is 2.54 bits per heavy atom. The molecule has 0 spiro atoms. The normalized spacial score (nSPS) is 10.6. The number of hydrazine groups is 1. The Morgan fingerprint density at radius 2 is 1.92 bits per heavy atom. The van der Waals surface area contributed by atoms with Crippen LogP contribution in [0.3, 0.4) is 0 Å². The van der Waals surface area contributed by atoms with E-state index in [-0.39, 0.29) is 0 Å². The van der Waals surface area contributed by atoms with Crippen LogP contribution in [-0.2, 0) is 0 Å². The van der Waals surface area contributed by atoms with Crippen molar-refractivity contribution in [3.8, 4) is 5.82 Å². The average molecular weight is 327 g/mol. The molecule has 3 aromatic rings. The van der Waals surface area contributed by atoms with Gasteiger partial charge in [-0.25, -0.2) is 0 Å². The summed E-state index contributed by atoms with van der Waals surface area (Å²) in [6.45, 7) is 5.47. The van der Waals surface area contributed by atoms with Gasteiger partial charge >= 0.3 is 0 Å². The summed E-state index contributed by atoms with van der Waals surface area (Å²) in [6, 6.07) is 6.83. The molecule has 3 aromatic heterocycles. The maximum Gasteiger partial charge on any atom is 0.286 e. The number of H-pyrrole nitrogens is 1. The molecule has 8 nitrogen and oxygen atoms in total. The zero-order chi connectivity index (χ0) is 17.3. The lowest BCUT2D eigenvalue weighted by Crippen LogP contribution is -2.41. The quantitative estimate of drug-likeness (QED) is 0.638. The van der Waals surface area contributed by atoms with Gasteiger partial charge in [0, 0.05) is 23.7 Å². The minimum Gasteiger partial charge on any atom is -0.360 e. The van der Waals surface area contributed by atoms with Gasteiger partial charge in [0.05, 0.1) is 5.56 Å². The number of amides is 2. The van der Waals surface area contributed by atoms with E-state index >= 15 is 0 Å². The summed E-state index contributed by atoms with van der Waals surface area (Å²) in [5.74, 6) is 0.461. The van der Waals surface area contributed by atoms with Crippen LogP contribution in [0.25, 0.3) is 5.82 Å². The molecular weight excluding hydrogens is 310 g/mol. The summed E-state index contributed by atoms with van der Waals surface area (Å²) in [6.07, 6.45) is 1.63. The van der Waals surface area contributed by atoms with E-state index in [0.29, 0.717) is 28.5 Å². The number of hydrogen-bond acceptors (Lipinski definition) is 4. The summed E-state index contributed by atoms with van der Waals surface area (Å²) in [4.78, 5) is 26.9. The van der Waals surface area contributed by atoms with Crippen molar-refractivity contribution in [2.45, 2.75) is 20.8 Å². The van der Waals surface area contributed by atoms with Crippen LogP contribution in [0.4, 0.5) is 0 Å². The van der Waals surface area contributed by atoms with Crippen molar-refractivity contribution in [3.63, 3.8) is 0 Å². The zero-order valence-corrected chi connectivity index (χ0v) is 13.5. The lowest BCUT2D eigenvalue weighted by atomic mass is 10.2. The molecule has 2 amide bonds. The molecule has 24 heavy (non-hydrogen) atoms. The van der Waals surface area contributed by atoms with Crippen molar-refractivity contribution in [1.82, 2.24) is 25.6 Å². The van der Waals surface area contributed by atoms with Gasteiger partial charge in [-0.3, -0.25) is 25.0 Å². The van der Waals surface area contributed by atoms with Gasteiger partial charge in [0.25, 0.3) is 11.8 Å². The third-order valence-corrected chi connectivity index (χ3v) is 3.65. The van der Waals surface area contributed by atoms with Gasteiger partial charge in [0.15, 0.2) is 5.82 Å². The van der Waals surface area contributed by atoms with Crippen LogP contribution in [0.5, 0.6) is 0 Å². The predicted molar refractivity (Wildman–Crippen MR) is 85.8 cm³/mol. The lowest BCUT2D eigenvalue weighted by molar-refractivity contribution is 0.0844. The van der Waals surface area contributed by atoms with E-state index in [1.54, 1.807) is 44.3 Å². The number of aromatic nitrogens is 3. The first kappa shape index (κ1) is 15.6. The molecule has 0 bridgehead atoms. The third-order valence-electron chi connectivity index (χ3n) is 3.65. The summed E-state index contributed by atoms with van der Waals surface area (Å²) < 4.78 is 6.90. The summed E-state index contributed by atoms with van der Waals surface area (Å²) in [5.41, 5.74) is 7.12. The van der Waals surface area contributed by atoms with Gasteiger partial charge < -0.3 is 9.51 Å². The number of aromatic amines is 1. The van der Waals surface area contributed by atoms with Gasteiger partial charge in [-0.15, -0.1) is 0 Å². The Kier molecular flexibility index (Phi) is 3.95. The second kappa shape index (κ2) is 6.07. The first-order valence-corrected chi connectivity index (χ1v) is 7.34. The van der Waals surface area contributed by atoms with Gasteiger partial charge in [0.2, 0.25) is 0 Å². The highest BCUT2D eigenvalue weighted by Crippen LogP contribution is 2.20. The van der Waals surface area contributed by atoms with Crippen LogP contribution < -0.4 is 10.9 Å². The highest BCUT2D eigenvalue weighted by molar-refractivity contribution is 5.99. The van der Waals surface area contributed by atoms with E-state index in [1.165, 1.54) is 0 Å². The Balaban J connectivity index is 1.77. The number of aryl methyl sites for hydroxylation is 2. The van der Waals surface area contributed by atoms with E-state index in [2.05, 4.69) is 21.0 Å². The Hall–Kier alpha value is -3.29. The molecule has 0 aliphatic carbocycles. The Labute approximate surface area is 137 Å². The lowest BCUT2D eigenvalue weighted by Gasteiger charge is -2.07. The number of carbonyl (C=O) groups is 2. The van der Waals surface area contributed by atoms with E-state index in [4.69, 9.17) is 4.52 Å². The van der Waals surface area contributed by atoms with E-state index in [9.17, 15) is 9.59 Å². The van der Waals surface area contributed by atoms with E-state index in [0.717, 1.165) is 5.69 Å². The number of carbonyl (C=O) groups excluding carboxylic acids is 2. The number of nitrogens with one attached hydrogen (secondary N) is 3. The average Bonchev–Trinajstić information content (AvgIpc) is 3.26. The molecule has 8 heteroatoms. The maximum atomic E-state index is 12.3. The summed E-state index contributed by atoms with van der Waals surface area (Å²) in [5, 5.41) is 3.97. The molecular formula is C16H17N5O3. The van der Waals surface area contributed by atoms with Crippen molar-refractivity contribution in [1.29, 1.82) is 0 Å². The van der Waals surface area contributed by atoms with Crippen molar-refractivity contribution in [3.05, 3.63) is 58.9 Å². The molecule has 0 aliphatic heterocycles. The van der Waals surface area contributed by atoms with Crippen LogP contribution in [0.15, 0.2) is 35.0 Å². The van der Waals surface area contributed by atoms with Crippen molar-refractivity contribution in [2.24, 2.45) is 0 Å². The first-order valence-electron chi connectivity index (χ1n) is 7.34. The molecule has 0 fully saturated rings. The first-order chi connectivity index (χ1) is 11.5. The van der Waals surface area contributed by atoms with Crippen LogP contribution in [-0.4, -0.2) is 26.5 Å². The molecule has 0 atom stereocenters. The second-order valence-electron chi connectivity index (χ2n) is 5.41. The SMILES string of the molecule is Cc1cc(-n2c(C)cc(C(=O)NNC(=O)c3ccc[nH]3)c2C)no1. The van der Waals surface area contributed by atoms with Crippen molar-refractivity contribution >= 4 is 11.8 Å². The van der Waals surface area contributed by atoms with Crippen molar-refractivity contribution in [2.75, 3.05) is 0 Å². The minimum atomic E-state index is -0.422. The molecule has 0 aromatic carbocycles. The topological polar surface area (TPSA) is 105 Å². The molecule has 124 valence electrons. The largest absolute Gasteiger partial charge is 0.360 e. The van der Waals surface area contributed by atoms with Crippen LogP contribution >= 0.6 is 0 Å². The predicted octanol–water partition coefficient (Wildman–Crippen LogP) is 1.79. The maximum absolute atomic E-state index is 12.3. The fourth-order valence-electron chi connectivity index (χ4n) is 2.52. The number of nitrogens with zero attached hydrogens (tertiary/aromatic N) is 2. The molecule has 0 saturated heterocycles. The van der Waals surface area contributed by atoms with E-state index < -0.39 is 11.8 Å². The molecule has 3 N–H and O–H groups in total. The van der Waals surface area contributed by atoms with Crippen molar-refractivity contribution < 1.29 is 14.1 Å². The minimum absolute atomic E-state index is 0.360. The van der Waals surface area contributed by atoms with Crippen LogP contribution in [0.2, 0.25) is 0 Å². The van der Waals surface area contributed by atoms with Gasteiger partial charge in [-0.1, -0.05) is 5.16 Å². The fraction of sp³-hybridized carbons (Fsp3) is 0.188. The fourth-order valence-corrected chi connectivity index (χ4v) is 2.52. The summed E-state index contributed by atoms with van der Waals surface area (Å²) >= 11 is 0. The third kappa shape index (κ3) is 2.81. The second-order valence-corrected chi connectivity index (χ2v) is 5.41. The molecule has 0 saturated carbocycles. The Morgan fingerprint density at radius 1 is 1.17 bits per heavy atom. The van der Waals surface area contributed by atoms with Crippen LogP contribution in [0.1, 0.15) is 38.0 Å². The molecule has 0 radical (unpaired) electrons. The number of rotatable bonds is 3. The standard InChI is InChI=1S/C16H17N5O3/c1-9-7-12(11(3)21(9)14-8-10(2)24-20-14)15(22)18-19-16(23)13-5-4-6-17-13/h4-8,17H,1-3H3,(H,18,22)(H,19,23). The zero-order valence-electron chi connectivity index (χ0n) is 13.5. The van der Waals surface area contributed by atoms with Gasteiger partial charge in [-0.05, 0) is 39.0 Å².